The van der Waals surface area contributed by atoms with Crippen LogP contribution in [0.2, 0.25) is 0 Å². The van der Waals surface area contributed by atoms with Gasteiger partial charge in [-0.1, -0.05) is 36.8 Å². The van der Waals surface area contributed by atoms with Crippen LogP contribution in [-0.4, -0.2) is 19.7 Å². The van der Waals surface area contributed by atoms with Crippen molar-refractivity contribution in [2.75, 3.05) is 19.0 Å². The van der Waals surface area contributed by atoms with Gasteiger partial charge in [0, 0.05) is 17.6 Å². The van der Waals surface area contributed by atoms with Gasteiger partial charge in [0.2, 0.25) is 0 Å². The predicted octanol–water partition coefficient (Wildman–Crippen LogP) is 3.94. The minimum Gasteiger partial charge on any atom is -0.497 e. The number of amides is 2. The van der Waals surface area contributed by atoms with Gasteiger partial charge in [-0.25, -0.2) is 4.79 Å². The highest BCUT2D eigenvalue weighted by Gasteiger charge is 2.38. The first kappa shape index (κ1) is 15.4. The summed E-state index contributed by atoms with van der Waals surface area (Å²) in [7, 11) is 1.62. The number of anilines is 1. The number of benzene rings is 2. The normalized spacial score (nSPS) is 15.3. The molecular weight excluding hydrogens is 288 g/mol. The van der Waals surface area contributed by atoms with Crippen LogP contribution in [0.3, 0.4) is 0 Å². The summed E-state index contributed by atoms with van der Waals surface area (Å²) < 4.78 is 5.11. The third-order valence-corrected chi connectivity index (χ3v) is 4.63. The Balaban J connectivity index is 1.57. The van der Waals surface area contributed by atoms with Crippen molar-refractivity contribution in [2.24, 2.45) is 0 Å². The minimum atomic E-state index is -0.169. The second kappa shape index (κ2) is 6.73. The van der Waals surface area contributed by atoms with E-state index in [1.165, 1.54) is 12.0 Å². The molecule has 23 heavy (non-hydrogen) atoms. The van der Waals surface area contributed by atoms with Crippen LogP contribution in [0.1, 0.15) is 24.8 Å². The molecule has 4 heteroatoms. The van der Waals surface area contributed by atoms with Crippen molar-refractivity contribution < 1.29 is 9.53 Å². The molecule has 2 aromatic rings. The van der Waals surface area contributed by atoms with E-state index in [1.807, 2.05) is 30.3 Å². The molecule has 0 unspecified atom stereocenters. The van der Waals surface area contributed by atoms with Crippen molar-refractivity contribution in [1.29, 1.82) is 0 Å². The lowest BCUT2D eigenvalue weighted by Gasteiger charge is -2.42. The third kappa shape index (κ3) is 3.47. The first-order chi connectivity index (χ1) is 11.2. The lowest BCUT2D eigenvalue weighted by Crippen LogP contribution is -2.46. The number of urea groups is 1. The fraction of sp³-hybridized carbons (Fsp3) is 0.316. The molecule has 2 amide bonds. The highest BCUT2D eigenvalue weighted by molar-refractivity contribution is 5.89. The van der Waals surface area contributed by atoms with Gasteiger partial charge >= 0.3 is 6.03 Å². The molecule has 1 aliphatic rings. The molecule has 3 rings (SSSR count). The van der Waals surface area contributed by atoms with Crippen LogP contribution in [0.4, 0.5) is 10.5 Å². The number of nitrogens with one attached hydrogen (secondary N) is 2. The maximum atomic E-state index is 12.1. The van der Waals surface area contributed by atoms with Crippen molar-refractivity contribution >= 4 is 11.7 Å². The summed E-state index contributed by atoms with van der Waals surface area (Å²) in [6, 6.07) is 17.6. The second-order valence-electron chi connectivity index (χ2n) is 6.04. The lowest BCUT2D eigenvalue weighted by atomic mass is 9.64. The Labute approximate surface area is 136 Å². The van der Waals surface area contributed by atoms with E-state index in [0.717, 1.165) is 24.3 Å². The van der Waals surface area contributed by atoms with E-state index in [0.29, 0.717) is 6.54 Å². The standard InChI is InChI=1S/C19H22N2O2/c1-23-17-10-8-16(9-11-17)21-18(22)20-14-19(12-5-13-19)15-6-3-2-4-7-15/h2-4,6-11H,5,12-14H2,1H3,(H2,20,21,22). The number of hydrogen-bond acceptors (Lipinski definition) is 2. The number of carbonyl (C=O) groups is 1. The Morgan fingerprint density at radius 3 is 2.35 bits per heavy atom. The molecule has 120 valence electrons. The zero-order chi connectivity index (χ0) is 16.1. The molecule has 0 saturated heterocycles. The maximum Gasteiger partial charge on any atom is 0.319 e. The van der Waals surface area contributed by atoms with Crippen molar-refractivity contribution in [3.63, 3.8) is 0 Å². The monoisotopic (exact) mass is 310 g/mol. The van der Waals surface area contributed by atoms with E-state index in [1.54, 1.807) is 7.11 Å². The average molecular weight is 310 g/mol. The summed E-state index contributed by atoms with van der Waals surface area (Å²) in [5.74, 6) is 0.772. The van der Waals surface area contributed by atoms with Gasteiger partial charge in [-0.3, -0.25) is 0 Å². The van der Waals surface area contributed by atoms with E-state index >= 15 is 0 Å². The van der Waals surface area contributed by atoms with Crippen LogP contribution in [0, 0.1) is 0 Å². The molecule has 0 aromatic heterocycles. The van der Waals surface area contributed by atoms with Crippen molar-refractivity contribution in [3.8, 4) is 5.75 Å². The predicted molar refractivity (Wildman–Crippen MR) is 92.0 cm³/mol. The van der Waals surface area contributed by atoms with Crippen molar-refractivity contribution in [1.82, 2.24) is 5.32 Å². The summed E-state index contributed by atoms with van der Waals surface area (Å²) >= 11 is 0. The molecule has 2 aromatic carbocycles. The van der Waals surface area contributed by atoms with E-state index in [9.17, 15) is 4.79 Å². The molecule has 4 nitrogen and oxygen atoms in total. The van der Waals surface area contributed by atoms with Crippen LogP contribution in [-0.2, 0) is 5.41 Å². The topological polar surface area (TPSA) is 50.4 Å². The second-order valence-corrected chi connectivity index (χ2v) is 6.04. The minimum absolute atomic E-state index is 0.0957. The van der Waals surface area contributed by atoms with E-state index in [-0.39, 0.29) is 11.4 Å². The SMILES string of the molecule is COc1ccc(NC(=O)NCC2(c3ccccc3)CCC2)cc1. The van der Waals surface area contributed by atoms with E-state index < -0.39 is 0 Å². The molecule has 0 radical (unpaired) electrons. The van der Waals surface area contributed by atoms with Gasteiger partial charge in [-0.15, -0.1) is 0 Å². The van der Waals surface area contributed by atoms with Gasteiger partial charge in [-0.2, -0.15) is 0 Å². The zero-order valence-corrected chi connectivity index (χ0v) is 13.3. The van der Waals surface area contributed by atoms with Crippen molar-refractivity contribution in [3.05, 3.63) is 60.2 Å². The number of ether oxygens (including phenoxy) is 1. The zero-order valence-electron chi connectivity index (χ0n) is 13.3. The molecule has 0 bridgehead atoms. The molecule has 0 heterocycles. The Hall–Kier alpha value is -2.49. The van der Waals surface area contributed by atoms with Gasteiger partial charge < -0.3 is 15.4 Å². The fourth-order valence-electron chi connectivity index (χ4n) is 3.06. The molecular formula is C19H22N2O2. The lowest BCUT2D eigenvalue weighted by molar-refractivity contribution is 0.222. The highest BCUT2D eigenvalue weighted by Crippen LogP contribution is 2.43. The van der Waals surface area contributed by atoms with Crippen LogP contribution in [0.5, 0.6) is 5.75 Å². The van der Waals surface area contributed by atoms with E-state index in [2.05, 4.69) is 34.9 Å². The summed E-state index contributed by atoms with van der Waals surface area (Å²) in [4.78, 5) is 12.1. The number of hydrogen-bond donors (Lipinski definition) is 2. The highest BCUT2D eigenvalue weighted by atomic mass is 16.5. The Morgan fingerprint density at radius 1 is 1.09 bits per heavy atom. The molecule has 2 N–H and O–H groups in total. The molecule has 0 atom stereocenters. The Kier molecular flexibility index (Phi) is 4.51. The van der Waals surface area contributed by atoms with Gasteiger partial charge in [0.15, 0.2) is 0 Å². The summed E-state index contributed by atoms with van der Waals surface area (Å²) in [5.41, 5.74) is 2.17. The molecule has 1 aliphatic carbocycles. The molecule has 0 aliphatic heterocycles. The first-order valence-corrected chi connectivity index (χ1v) is 7.96. The summed E-state index contributed by atoms with van der Waals surface area (Å²) in [6.45, 7) is 0.666. The Bertz CT molecular complexity index is 649. The quantitative estimate of drug-likeness (QED) is 0.879. The van der Waals surface area contributed by atoms with Crippen molar-refractivity contribution in [2.45, 2.75) is 24.7 Å². The average Bonchev–Trinajstić information content (AvgIpc) is 2.55. The fourth-order valence-corrected chi connectivity index (χ4v) is 3.06. The third-order valence-electron chi connectivity index (χ3n) is 4.63. The number of carbonyl (C=O) groups excluding carboxylic acids is 1. The Morgan fingerprint density at radius 2 is 1.78 bits per heavy atom. The van der Waals surface area contributed by atoms with Gasteiger partial charge in [-0.05, 0) is 42.7 Å². The largest absolute Gasteiger partial charge is 0.497 e. The van der Waals surface area contributed by atoms with Crippen LogP contribution in [0.25, 0.3) is 0 Å². The van der Waals surface area contributed by atoms with Crippen LogP contribution >= 0.6 is 0 Å². The van der Waals surface area contributed by atoms with Gasteiger partial charge in [0.25, 0.3) is 0 Å². The number of methoxy groups -OCH3 is 1. The molecule has 1 fully saturated rings. The summed E-state index contributed by atoms with van der Waals surface area (Å²) in [6.07, 6.45) is 3.47. The first-order valence-electron chi connectivity index (χ1n) is 7.96. The summed E-state index contributed by atoms with van der Waals surface area (Å²) in [5, 5.41) is 5.88. The molecule has 0 spiro atoms. The smallest absolute Gasteiger partial charge is 0.319 e. The van der Waals surface area contributed by atoms with E-state index in [4.69, 9.17) is 4.74 Å². The number of rotatable bonds is 5. The van der Waals surface area contributed by atoms with Gasteiger partial charge in [0.05, 0.1) is 7.11 Å². The maximum absolute atomic E-state index is 12.1. The van der Waals surface area contributed by atoms with Gasteiger partial charge in [0.1, 0.15) is 5.75 Å². The van der Waals surface area contributed by atoms with Crippen LogP contribution < -0.4 is 15.4 Å². The van der Waals surface area contributed by atoms with Crippen LogP contribution in [0.15, 0.2) is 54.6 Å². The molecule has 1 saturated carbocycles.